The van der Waals surface area contributed by atoms with Crippen molar-refractivity contribution in [3.63, 3.8) is 0 Å². The zero-order valence-corrected chi connectivity index (χ0v) is 15.6. The SMILES string of the molecule is COc1cc(N[C@@H]2CC(Cn3ccnc3)C[C@H]2O)nc(C2CCOCC2)n1. The normalized spacial score (nSPS) is 26.2. The van der Waals surface area contributed by atoms with E-state index in [9.17, 15) is 5.11 Å². The number of aromatic nitrogens is 4. The molecule has 1 unspecified atom stereocenters. The third-order valence-electron chi connectivity index (χ3n) is 5.50. The number of imidazole rings is 1. The molecule has 0 radical (unpaired) electrons. The molecular formula is C19H27N5O3. The molecule has 1 aliphatic carbocycles. The Bertz CT molecular complexity index is 733. The van der Waals surface area contributed by atoms with E-state index in [2.05, 4.69) is 19.9 Å². The summed E-state index contributed by atoms with van der Waals surface area (Å²) in [7, 11) is 1.62. The van der Waals surface area contributed by atoms with E-state index < -0.39 is 6.10 Å². The minimum atomic E-state index is -0.397. The standard InChI is InChI=1S/C19H27N5O3/c1-26-18-10-17(22-19(23-18)14-2-6-27-7-3-14)21-15-8-13(9-16(15)25)11-24-5-4-20-12-24/h4-5,10,12-16,25H,2-3,6-9,11H2,1H3,(H,21,22,23)/t13?,15-,16-/m1/s1. The predicted molar refractivity (Wildman–Crippen MR) is 99.7 cm³/mol. The van der Waals surface area contributed by atoms with Crippen LogP contribution in [0.15, 0.2) is 24.8 Å². The largest absolute Gasteiger partial charge is 0.481 e. The van der Waals surface area contributed by atoms with Crippen LogP contribution in [-0.4, -0.2) is 57.1 Å². The molecule has 2 fully saturated rings. The molecule has 3 atom stereocenters. The van der Waals surface area contributed by atoms with Gasteiger partial charge in [-0.1, -0.05) is 0 Å². The third-order valence-corrected chi connectivity index (χ3v) is 5.50. The van der Waals surface area contributed by atoms with Gasteiger partial charge in [-0.3, -0.25) is 0 Å². The van der Waals surface area contributed by atoms with Gasteiger partial charge in [-0.25, -0.2) is 9.97 Å². The summed E-state index contributed by atoms with van der Waals surface area (Å²) in [5.41, 5.74) is 0. The quantitative estimate of drug-likeness (QED) is 0.798. The minimum Gasteiger partial charge on any atom is -0.481 e. The Morgan fingerprint density at radius 2 is 2.15 bits per heavy atom. The van der Waals surface area contributed by atoms with Gasteiger partial charge in [-0.05, 0) is 31.6 Å². The summed E-state index contributed by atoms with van der Waals surface area (Å²) in [6.07, 6.45) is 8.67. The number of ether oxygens (including phenoxy) is 2. The molecule has 0 aromatic carbocycles. The molecule has 2 aromatic heterocycles. The monoisotopic (exact) mass is 373 g/mol. The van der Waals surface area contributed by atoms with E-state index in [4.69, 9.17) is 14.5 Å². The van der Waals surface area contributed by atoms with Crippen LogP contribution in [0.25, 0.3) is 0 Å². The van der Waals surface area contributed by atoms with Gasteiger partial charge in [0.2, 0.25) is 5.88 Å². The van der Waals surface area contributed by atoms with Crippen molar-refractivity contribution in [3.8, 4) is 5.88 Å². The number of aliphatic hydroxyl groups is 1. The van der Waals surface area contributed by atoms with Gasteiger partial charge < -0.3 is 24.5 Å². The second-order valence-electron chi connectivity index (χ2n) is 7.46. The fraction of sp³-hybridized carbons (Fsp3) is 0.632. The van der Waals surface area contributed by atoms with Crippen molar-refractivity contribution in [1.29, 1.82) is 0 Å². The van der Waals surface area contributed by atoms with Crippen molar-refractivity contribution in [2.24, 2.45) is 5.92 Å². The number of nitrogens with one attached hydrogen (secondary N) is 1. The van der Waals surface area contributed by atoms with Gasteiger partial charge >= 0.3 is 0 Å². The van der Waals surface area contributed by atoms with E-state index >= 15 is 0 Å². The maximum atomic E-state index is 10.5. The number of methoxy groups -OCH3 is 1. The first-order valence-corrected chi connectivity index (χ1v) is 9.62. The van der Waals surface area contributed by atoms with E-state index in [1.165, 1.54) is 0 Å². The number of hydrogen-bond donors (Lipinski definition) is 2. The van der Waals surface area contributed by atoms with E-state index in [-0.39, 0.29) is 12.0 Å². The Kier molecular flexibility index (Phi) is 5.54. The number of hydrogen-bond acceptors (Lipinski definition) is 7. The van der Waals surface area contributed by atoms with Gasteiger partial charge in [0.05, 0.1) is 25.6 Å². The molecule has 3 heterocycles. The highest BCUT2D eigenvalue weighted by Gasteiger charge is 2.33. The molecule has 2 aliphatic rings. The fourth-order valence-electron chi connectivity index (χ4n) is 4.06. The molecule has 0 spiro atoms. The molecule has 0 amide bonds. The van der Waals surface area contributed by atoms with Gasteiger partial charge in [0.25, 0.3) is 0 Å². The van der Waals surface area contributed by atoms with Crippen LogP contribution >= 0.6 is 0 Å². The molecule has 1 aliphatic heterocycles. The average molecular weight is 373 g/mol. The number of anilines is 1. The third kappa shape index (κ3) is 4.39. The summed E-state index contributed by atoms with van der Waals surface area (Å²) in [4.78, 5) is 13.3. The average Bonchev–Trinajstić information content (AvgIpc) is 3.32. The van der Waals surface area contributed by atoms with Crippen molar-refractivity contribution in [2.45, 2.75) is 50.3 Å². The predicted octanol–water partition coefficient (Wildman–Crippen LogP) is 1.83. The Hall–Kier alpha value is -2.19. The molecule has 8 nitrogen and oxygen atoms in total. The van der Waals surface area contributed by atoms with E-state index in [1.54, 1.807) is 19.4 Å². The summed E-state index contributed by atoms with van der Waals surface area (Å²) in [6.45, 7) is 2.35. The molecule has 1 saturated carbocycles. The van der Waals surface area contributed by atoms with Gasteiger partial charge in [0, 0.05) is 44.1 Å². The first kappa shape index (κ1) is 18.2. The molecular weight excluding hydrogens is 346 g/mol. The number of nitrogens with zero attached hydrogens (tertiary/aromatic N) is 4. The van der Waals surface area contributed by atoms with Crippen LogP contribution < -0.4 is 10.1 Å². The van der Waals surface area contributed by atoms with Crippen LogP contribution in [-0.2, 0) is 11.3 Å². The van der Waals surface area contributed by atoms with E-state index in [0.717, 1.165) is 57.1 Å². The maximum Gasteiger partial charge on any atom is 0.218 e. The summed E-state index contributed by atoms with van der Waals surface area (Å²) in [5, 5.41) is 13.9. The van der Waals surface area contributed by atoms with Crippen LogP contribution in [0, 0.1) is 5.92 Å². The Labute approximate surface area is 159 Å². The highest BCUT2D eigenvalue weighted by molar-refractivity contribution is 5.40. The van der Waals surface area contributed by atoms with Crippen LogP contribution in [0.4, 0.5) is 5.82 Å². The molecule has 2 N–H and O–H groups in total. The van der Waals surface area contributed by atoms with Crippen LogP contribution in [0.1, 0.15) is 37.4 Å². The molecule has 8 heteroatoms. The lowest BCUT2D eigenvalue weighted by atomic mass is 9.99. The molecule has 1 saturated heterocycles. The second-order valence-corrected chi connectivity index (χ2v) is 7.46. The lowest BCUT2D eigenvalue weighted by Gasteiger charge is -2.23. The van der Waals surface area contributed by atoms with Crippen molar-refractivity contribution in [1.82, 2.24) is 19.5 Å². The van der Waals surface area contributed by atoms with Gasteiger partial charge in [0.15, 0.2) is 0 Å². The highest BCUT2D eigenvalue weighted by atomic mass is 16.5. The summed E-state index contributed by atoms with van der Waals surface area (Å²) >= 11 is 0. The zero-order chi connectivity index (χ0) is 18.6. The molecule has 2 aromatic rings. The first-order chi connectivity index (χ1) is 13.2. The van der Waals surface area contributed by atoms with Crippen LogP contribution in [0.3, 0.4) is 0 Å². The van der Waals surface area contributed by atoms with Gasteiger partial charge in [-0.15, -0.1) is 0 Å². The Morgan fingerprint density at radius 3 is 2.89 bits per heavy atom. The van der Waals surface area contributed by atoms with Crippen molar-refractivity contribution >= 4 is 5.82 Å². The topological polar surface area (TPSA) is 94.3 Å². The zero-order valence-electron chi connectivity index (χ0n) is 15.6. The minimum absolute atomic E-state index is 0.0272. The second kappa shape index (κ2) is 8.22. The van der Waals surface area contributed by atoms with Crippen LogP contribution in [0.2, 0.25) is 0 Å². The maximum absolute atomic E-state index is 10.5. The summed E-state index contributed by atoms with van der Waals surface area (Å²) in [6, 6.07) is 1.78. The first-order valence-electron chi connectivity index (χ1n) is 9.62. The van der Waals surface area contributed by atoms with Crippen molar-refractivity contribution in [2.75, 3.05) is 25.6 Å². The molecule has 146 valence electrons. The fourth-order valence-corrected chi connectivity index (χ4v) is 4.06. The van der Waals surface area contributed by atoms with E-state index in [1.807, 2.05) is 12.5 Å². The number of aliphatic hydroxyl groups excluding tert-OH is 1. The van der Waals surface area contributed by atoms with Crippen molar-refractivity contribution in [3.05, 3.63) is 30.6 Å². The Morgan fingerprint density at radius 1 is 1.30 bits per heavy atom. The molecule has 4 rings (SSSR count). The lowest BCUT2D eigenvalue weighted by Crippen LogP contribution is -2.29. The van der Waals surface area contributed by atoms with E-state index in [0.29, 0.717) is 11.8 Å². The Balaban J connectivity index is 1.44. The lowest BCUT2D eigenvalue weighted by molar-refractivity contribution is 0.0834. The smallest absolute Gasteiger partial charge is 0.218 e. The summed E-state index contributed by atoms with van der Waals surface area (Å²) < 4.78 is 12.9. The highest BCUT2D eigenvalue weighted by Crippen LogP contribution is 2.31. The molecule has 0 bridgehead atoms. The van der Waals surface area contributed by atoms with Gasteiger partial charge in [-0.2, -0.15) is 4.98 Å². The number of rotatable bonds is 6. The van der Waals surface area contributed by atoms with Crippen LogP contribution in [0.5, 0.6) is 5.88 Å². The van der Waals surface area contributed by atoms with Gasteiger partial charge in [0.1, 0.15) is 11.6 Å². The van der Waals surface area contributed by atoms with Crippen molar-refractivity contribution < 1.29 is 14.6 Å². The molecule has 27 heavy (non-hydrogen) atoms. The summed E-state index contributed by atoms with van der Waals surface area (Å²) in [5.74, 6) is 2.76.